The van der Waals surface area contributed by atoms with Crippen molar-refractivity contribution >= 4 is 5.97 Å². The summed E-state index contributed by atoms with van der Waals surface area (Å²) in [6, 6.07) is 7.83. The van der Waals surface area contributed by atoms with Crippen molar-refractivity contribution in [2.24, 2.45) is 5.92 Å². The average molecular weight is 330 g/mol. The third kappa shape index (κ3) is 3.65. The van der Waals surface area contributed by atoms with Crippen LogP contribution in [-0.2, 0) is 11.2 Å². The first-order chi connectivity index (χ1) is 11.5. The van der Waals surface area contributed by atoms with Gasteiger partial charge in [0.05, 0.1) is 6.54 Å². The van der Waals surface area contributed by atoms with Crippen molar-refractivity contribution < 1.29 is 9.90 Å². The minimum Gasteiger partial charge on any atom is -0.480 e. The van der Waals surface area contributed by atoms with E-state index < -0.39 is 5.97 Å². The average Bonchev–Trinajstić information content (AvgIpc) is 2.70. The lowest BCUT2D eigenvalue weighted by Gasteiger charge is -2.32. The Morgan fingerprint density at radius 2 is 2.12 bits per heavy atom. The summed E-state index contributed by atoms with van der Waals surface area (Å²) in [5.41, 5.74) is 4.39. The first-order valence-electron chi connectivity index (χ1n) is 9.21. The number of rotatable bonds is 4. The van der Waals surface area contributed by atoms with Crippen LogP contribution >= 0.6 is 0 Å². The molecule has 3 atom stereocenters. The lowest BCUT2D eigenvalue weighted by molar-refractivity contribution is -0.138. The Kier molecular flexibility index (Phi) is 5.26. The summed E-state index contributed by atoms with van der Waals surface area (Å²) in [4.78, 5) is 15.6. The van der Waals surface area contributed by atoms with Gasteiger partial charge in [-0.05, 0) is 63.2 Å². The number of likely N-dealkylation sites (tertiary alicyclic amines) is 1. The van der Waals surface area contributed by atoms with Crippen LogP contribution in [0, 0.1) is 12.8 Å². The molecule has 0 amide bonds. The molecule has 1 aromatic carbocycles. The van der Waals surface area contributed by atoms with Gasteiger partial charge in [0.2, 0.25) is 0 Å². The topological polar surface area (TPSA) is 43.8 Å². The number of hydrogen-bond acceptors (Lipinski definition) is 3. The molecule has 0 aromatic heterocycles. The van der Waals surface area contributed by atoms with Crippen molar-refractivity contribution in [3.63, 3.8) is 0 Å². The van der Waals surface area contributed by atoms with Gasteiger partial charge >= 0.3 is 5.97 Å². The van der Waals surface area contributed by atoms with Gasteiger partial charge in [0.25, 0.3) is 0 Å². The van der Waals surface area contributed by atoms with Gasteiger partial charge in [0, 0.05) is 18.6 Å². The quantitative estimate of drug-likeness (QED) is 0.921. The van der Waals surface area contributed by atoms with Crippen LogP contribution < -0.4 is 0 Å². The number of aliphatic carboxylic acids is 1. The molecule has 1 heterocycles. The Balaban J connectivity index is 1.71. The summed E-state index contributed by atoms with van der Waals surface area (Å²) in [7, 11) is 1.95. The van der Waals surface area contributed by atoms with Crippen LogP contribution in [0.5, 0.6) is 0 Å². The molecule has 1 aliphatic carbocycles. The van der Waals surface area contributed by atoms with E-state index >= 15 is 0 Å². The highest BCUT2D eigenvalue weighted by molar-refractivity contribution is 5.69. The molecular weight excluding hydrogens is 300 g/mol. The van der Waals surface area contributed by atoms with E-state index in [-0.39, 0.29) is 6.54 Å². The molecule has 4 nitrogen and oxygen atoms in total. The van der Waals surface area contributed by atoms with E-state index in [1.807, 2.05) is 11.9 Å². The van der Waals surface area contributed by atoms with Gasteiger partial charge in [-0.2, -0.15) is 0 Å². The molecule has 0 saturated carbocycles. The molecule has 1 N–H and O–H groups in total. The smallest absolute Gasteiger partial charge is 0.317 e. The van der Waals surface area contributed by atoms with Crippen LogP contribution in [-0.4, -0.2) is 53.6 Å². The molecule has 0 radical (unpaired) electrons. The van der Waals surface area contributed by atoms with Crippen LogP contribution in [0.2, 0.25) is 0 Å². The van der Waals surface area contributed by atoms with E-state index in [1.54, 1.807) is 0 Å². The zero-order chi connectivity index (χ0) is 17.3. The largest absolute Gasteiger partial charge is 0.480 e. The van der Waals surface area contributed by atoms with Gasteiger partial charge < -0.3 is 5.11 Å². The Bertz CT molecular complexity index is 601. The second-order valence-electron chi connectivity index (χ2n) is 7.76. The predicted molar refractivity (Wildman–Crippen MR) is 96.3 cm³/mol. The van der Waals surface area contributed by atoms with Gasteiger partial charge in [-0.3, -0.25) is 14.6 Å². The zero-order valence-corrected chi connectivity index (χ0v) is 15.2. The number of benzene rings is 1. The van der Waals surface area contributed by atoms with E-state index in [0.717, 1.165) is 32.4 Å². The molecular formula is C20H30N2O2. The van der Waals surface area contributed by atoms with Crippen molar-refractivity contribution in [1.82, 2.24) is 9.80 Å². The van der Waals surface area contributed by atoms with Crippen LogP contribution in [0.4, 0.5) is 0 Å². The van der Waals surface area contributed by atoms with E-state index in [4.69, 9.17) is 5.11 Å². The Morgan fingerprint density at radius 3 is 2.88 bits per heavy atom. The van der Waals surface area contributed by atoms with E-state index in [9.17, 15) is 4.79 Å². The fraction of sp³-hybridized carbons (Fsp3) is 0.650. The number of nitrogens with zero attached hydrogens (tertiary/aromatic N) is 2. The van der Waals surface area contributed by atoms with Crippen molar-refractivity contribution in [2.45, 2.75) is 51.6 Å². The molecule has 3 unspecified atom stereocenters. The Hall–Kier alpha value is -1.39. The standard InChI is InChI=1S/C20H30N2O2/c1-14-6-7-16-12-15(2)20(18(16)11-14)22-9-4-5-17(8-10-22)21(3)13-19(23)24/h6-7,11,15,17,20H,4-5,8-10,12-13H2,1-3H3,(H,23,24). The first-order valence-corrected chi connectivity index (χ1v) is 9.21. The van der Waals surface area contributed by atoms with E-state index in [0.29, 0.717) is 18.0 Å². The molecule has 1 saturated heterocycles. The fourth-order valence-corrected chi connectivity index (χ4v) is 4.66. The highest BCUT2D eigenvalue weighted by atomic mass is 16.4. The summed E-state index contributed by atoms with van der Waals surface area (Å²) in [6.45, 7) is 6.89. The zero-order valence-electron chi connectivity index (χ0n) is 15.2. The number of hydrogen-bond donors (Lipinski definition) is 1. The van der Waals surface area contributed by atoms with Crippen LogP contribution in [0.15, 0.2) is 18.2 Å². The molecule has 0 bridgehead atoms. The SMILES string of the molecule is Cc1ccc2c(c1)C(N1CCCC(N(C)CC(=O)O)CC1)C(C)C2. The summed E-state index contributed by atoms with van der Waals surface area (Å²) < 4.78 is 0. The highest BCUT2D eigenvalue weighted by Crippen LogP contribution is 2.41. The third-order valence-electron chi connectivity index (χ3n) is 5.83. The van der Waals surface area contributed by atoms with E-state index in [1.165, 1.54) is 23.1 Å². The first kappa shape index (κ1) is 17.4. The maximum Gasteiger partial charge on any atom is 0.317 e. The maximum atomic E-state index is 11.0. The van der Waals surface area contributed by atoms with Gasteiger partial charge in [0.1, 0.15) is 0 Å². The second-order valence-corrected chi connectivity index (χ2v) is 7.76. The molecule has 2 aliphatic rings. The molecule has 1 aromatic rings. The van der Waals surface area contributed by atoms with Crippen LogP contribution in [0.1, 0.15) is 48.9 Å². The lowest BCUT2D eigenvalue weighted by atomic mass is 9.99. The number of carboxylic acids is 1. The van der Waals surface area contributed by atoms with Gasteiger partial charge in [-0.15, -0.1) is 0 Å². The lowest BCUT2D eigenvalue weighted by Crippen LogP contribution is -2.37. The van der Waals surface area contributed by atoms with Gasteiger partial charge in [-0.25, -0.2) is 0 Å². The van der Waals surface area contributed by atoms with Gasteiger partial charge in [0.15, 0.2) is 0 Å². The second kappa shape index (κ2) is 7.24. The molecule has 24 heavy (non-hydrogen) atoms. The summed E-state index contributed by atoms with van der Waals surface area (Å²) in [5, 5.41) is 9.03. The number of carbonyl (C=O) groups is 1. The third-order valence-corrected chi connectivity index (χ3v) is 5.83. The van der Waals surface area contributed by atoms with Gasteiger partial charge in [-0.1, -0.05) is 30.7 Å². The maximum absolute atomic E-state index is 11.0. The Labute approximate surface area is 145 Å². The molecule has 4 heteroatoms. The fourth-order valence-electron chi connectivity index (χ4n) is 4.66. The summed E-state index contributed by atoms with van der Waals surface area (Å²) in [6.07, 6.45) is 4.49. The summed E-state index contributed by atoms with van der Waals surface area (Å²) in [5.74, 6) is -0.0671. The predicted octanol–water partition coefficient (Wildman–Crippen LogP) is 3.10. The number of carboxylic acid groups (broad SMARTS) is 1. The summed E-state index contributed by atoms with van der Waals surface area (Å²) >= 11 is 0. The molecule has 0 spiro atoms. The van der Waals surface area contributed by atoms with Crippen molar-refractivity contribution in [2.75, 3.05) is 26.7 Å². The molecule has 1 aliphatic heterocycles. The molecule has 132 valence electrons. The van der Waals surface area contributed by atoms with Crippen molar-refractivity contribution in [3.05, 3.63) is 34.9 Å². The minimum absolute atomic E-state index is 0.145. The Morgan fingerprint density at radius 1 is 1.33 bits per heavy atom. The molecule has 3 rings (SSSR count). The highest BCUT2D eigenvalue weighted by Gasteiger charge is 2.35. The number of fused-ring (bicyclic) bond motifs is 1. The van der Waals surface area contributed by atoms with Crippen molar-refractivity contribution in [3.8, 4) is 0 Å². The minimum atomic E-state index is -0.729. The van der Waals surface area contributed by atoms with E-state index in [2.05, 4.69) is 36.9 Å². The monoisotopic (exact) mass is 330 g/mol. The number of aryl methyl sites for hydroxylation is 1. The van der Waals surface area contributed by atoms with Crippen LogP contribution in [0.3, 0.4) is 0 Å². The van der Waals surface area contributed by atoms with Crippen molar-refractivity contribution in [1.29, 1.82) is 0 Å². The normalized spacial score (nSPS) is 27.9. The number of likely N-dealkylation sites (N-methyl/N-ethyl adjacent to an activating group) is 1. The van der Waals surface area contributed by atoms with Crippen LogP contribution in [0.25, 0.3) is 0 Å². The molecule has 1 fully saturated rings.